The summed E-state index contributed by atoms with van der Waals surface area (Å²) in [5, 5.41) is 15.0. The van der Waals surface area contributed by atoms with Crippen molar-refractivity contribution in [3.63, 3.8) is 0 Å². The average molecular weight is 632 g/mol. The number of fused-ring (bicyclic) bond motifs is 1. The van der Waals surface area contributed by atoms with Gasteiger partial charge in [0.25, 0.3) is 11.5 Å². The smallest absolute Gasteiger partial charge is 0.323 e. The number of benzene rings is 2. The number of hydrogen-bond donors (Lipinski definition) is 3. The second kappa shape index (κ2) is 13.0. The fourth-order valence-corrected chi connectivity index (χ4v) is 5.96. The number of aliphatic hydroxyl groups excluding tert-OH is 1. The lowest BCUT2D eigenvalue weighted by Crippen LogP contribution is -2.34. The van der Waals surface area contributed by atoms with Gasteiger partial charge in [0.1, 0.15) is 40.3 Å². The number of carbonyl (C=O) groups is 2. The summed E-state index contributed by atoms with van der Waals surface area (Å²) >= 11 is 0. The molecule has 2 aromatic carbocycles. The molecule has 0 radical (unpaired) electrons. The van der Waals surface area contributed by atoms with Crippen LogP contribution in [0.25, 0.3) is 5.69 Å². The van der Waals surface area contributed by atoms with Gasteiger partial charge in [-0.1, -0.05) is 0 Å². The van der Waals surface area contributed by atoms with Crippen LogP contribution in [0.1, 0.15) is 30.1 Å². The molecule has 2 aromatic heterocycles. The molecule has 238 valence electrons. The van der Waals surface area contributed by atoms with Crippen molar-refractivity contribution in [2.45, 2.75) is 25.9 Å². The standard InChI is InChI=1S/C33H31F2N5O6/c1-2-45-28-10-12-40(22-5-3-21(34)4-6-22)32(43)30(28)31(42)37-27-8-7-24(15-26(27)35)46-25-9-11-36-29(16-25)38-33(44)39-17-19-13-23(41)14-20(19)18-39/h3-12,15-16,19-20,23,41H,2,13-14,17-18H2,1H3,(H,37,42)(H,36,38,44)/t19-,20+,23?. The van der Waals surface area contributed by atoms with Crippen LogP contribution in [0, 0.1) is 23.5 Å². The van der Waals surface area contributed by atoms with Gasteiger partial charge in [-0.05, 0) is 80.1 Å². The molecular formula is C33H31F2N5O6. The minimum atomic E-state index is -0.898. The van der Waals surface area contributed by atoms with E-state index in [0.29, 0.717) is 43.5 Å². The van der Waals surface area contributed by atoms with Crippen molar-refractivity contribution in [1.29, 1.82) is 0 Å². The lowest BCUT2D eigenvalue weighted by molar-refractivity contribution is 0.102. The quantitative estimate of drug-likeness (QED) is 0.244. The van der Waals surface area contributed by atoms with E-state index in [1.165, 1.54) is 60.9 Å². The highest BCUT2D eigenvalue weighted by atomic mass is 19.1. The van der Waals surface area contributed by atoms with Gasteiger partial charge in [-0.3, -0.25) is 19.5 Å². The molecule has 2 aliphatic rings. The fourth-order valence-electron chi connectivity index (χ4n) is 5.96. The van der Waals surface area contributed by atoms with E-state index < -0.39 is 23.1 Å². The largest absolute Gasteiger partial charge is 0.493 e. The Morgan fingerprint density at radius 3 is 2.39 bits per heavy atom. The molecule has 0 spiro atoms. The van der Waals surface area contributed by atoms with Crippen molar-refractivity contribution in [1.82, 2.24) is 14.5 Å². The summed E-state index contributed by atoms with van der Waals surface area (Å²) in [5.74, 6) is -0.958. The first-order valence-corrected chi connectivity index (χ1v) is 14.8. The molecular weight excluding hydrogens is 600 g/mol. The molecule has 1 unspecified atom stereocenters. The van der Waals surface area contributed by atoms with Crippen LogP contribution in [0.4, 0.5) is 25.1 Å². The molecule has 3 heterocycles. The second-order valence-electron chi connectivity index (χ2n) is 11.2. The van der Waals surface area contributed by atoms with E-state index in [2.05, 4.69) is 15.6 Å². The molecule has 6 rings (SSSR count). The summed E-state index contributed by atoms with van der Waals surface area (Å²) in [4.78, 5) is 45.3. The zero-order chi connectivity index (χ0) is 32.4. The molecule has 3 N–H and O–H groups in total. The van der Waals surface area contributed by atoms with Crippen LogP contribution in [0.3, 0.4) is 0 Å². The van der Waals surface area contributed by atoms with Gasteiger partial charge >= 0.3 is 6.03 Å². The number of amides is 3. The zero-order valence-corrected chi connectivity index (χ0v) is 24.8. The number of pyridine rings is 2. The minimum Gasteiger partial charge on any atom is -0.493 e. The molecule has 11 nitrogen and oxygen atoms in total. The van der Waals surface area contributed by atoms with E-state index in [1.54, 1.807) is 17.9 Å². The maximum atomic E-state index is 15.2. The van der Waals surface area contributed by atoms with Crippen molar-refractivity contribution in [3.8, 4) is 22.9 Å². The predicted octanol–water partition coefficient (Wildman–Crippen LogP) is 5.19. The van der Waals surface area contributed by atoms with Gasteiger partial charge in [-0.15, -0.1) is 0 Å². The second-order valence-corrected chi connectivity index (χ2v) is 11.2. The number of rotatable bonds is 8. The van der Waals surface area contributed by atoms with Crippen LogP contribution >= 0.6 is 0 Å². The third-order valence-corrected chi connectivity index (χ3v) is 8.09. The monoisotopic (exact) mass is 631 g/mol. The maximum Gasteiger partial charge on any atom is 0.323 e. The number of carbonyl (C=O) groups excluding carboxylic acids is 2. The summed E-state index contributed by atoms with van der Waals surface area (Å²) in [6, 6.07) is 13.1. The highest BCUT2D eigenvalue weighted by Gasteiger charge is 2.41. The zero-order valence-electron chi connectivity index (χ0n) is 24.8. The number of halogens is 2. The molecule has 1 aliphatic heterocycles. The van der Waals surface area contributed by atoms with Gasteiger partial charge in [0.05, 0.1) is 18.4 Å². The number of anilines is 2. The number of aromatic nitrogens is 2. The number of urea groups is 1. The van der Waals surface area contributed by atoms with Crippen molar-refractivity contribution in [2.24, 2.45) is 11.8 Å². The Balaban J connectivity index is 1.13. The van der Waals surface area contributed by atoms with Crippen LogP contribution in [0.15, 0.2) is 77.9 Å². The van der Waals surface area contributed by atoms with Crippen LogP contribution in [0.2, 0.25) is 0 Å². The molecule has 4 aromatic rings. The first-order chi connectivity index (χ1) is 22.2. The summed E-state index contributed by atoms with van der Waals surface area (Å²) in [6.07, 6.45) is 3.96. The van der Waals surface area contributed by atoms with Gasteiger partial charge in [-0.25, -0.2) is 18.6 Å². The lowest BCUT2D eigenvalue weighted by Gasteiger charge is -2.18. The van der Waals surface area contributed by atoms with Crippen molar-refractivity contribution in [2.75, 3.05) is 30.3 Å². The van der Waals surface area contributed by atoms with Crippen molar-refractivity contribution < 1.29 is 33.0 Å². The number of nitrogens with zero attached hydrogens (tertiary/aromatic N) is 3. The van der Waals surface area contributed by atoms with Gasteiger partial charge in [0, 0.05) is 43.3 Å². The molecule has 3 amide bonds. The van der Waals surface area contributed by atoms with Crippen LogP contribution in [0.5, 0.6) is 17.2 Å². The van der Waals surface area contributed by atoms with Gasteiger partial charge in [0.2, 0.25) is 0 Å². The first-order valence-electron chi connectivity index (χ1n) is 14.8. The Hall–Kier alpha value is -5.30. The van der Waals surface area contributed by atoms with Crippen LogP contribution < -0.4 is 25.7 Å². The normalized spacial score (nSPS) is 18.6. The predicted molar refractivity (Wildman–Crippen MR) is 165 cm³/mol. The Labute approximate surface area is 262 Å². The highest BCUT2D eigenvalue weighted by Crippen LogP contribution is 2.38. The summed E-state index contributed by atoms with van der Waals surface area (Å²) in [7, 11) is 0. The minimum absolute atomic E-state index is 0.00990. The molecule has 0 bridgehead atoms. The highest BCUT2D eigenvalue weighted by molar-refractivity contribution is 6.06. The van der Waals surface area contributed by atoms with E-state index in [-0.39, 0.29) is 53.1 Å². The molecule has 1 saturated carbocycles. The van der Waals surface area contributed by atoms with Gasteiger partial charge < -0.3 is 24.8 Å². The van der Waals surface area contributed by atoms with Gasteiger partial charge in [0.15, 0.2) is 0 Å². The number of ether oxygens (including phenoxy) is 2. The Morgan fingerprint density at radius 1 is 0.978 bits per heavy atom. The Morgan fingerprint density at radius 2 is 1.70 bits per heavy atom. The number of nitrogens with one attached hydrogen (secondary N) is 2. The van der Waals surface area contributed by atoms with E-state index >= 15 is 4.39 Å². The van der Waals surface area contributed by atoms with Crippen molar-refractivity contribution in [3.05, 3.63) is 101 Å². The Kier molecular flexibility index (Phi) is 8.66. The molecule has 2 fully saturated rings. The van der Waals surface area contributed by atoms with E-state index in [0.717, 1.165) is 10.6 Å². The molecule has 13 heteroatoms. The van der Waals surface area contributed by atoms with E-state index in [9.17, 15) is 23.9 Å². The van der Waals surface area contributed by atoms with Crippen molar-refractivity contribution >= 4 is 23.4 Å². The fraction of sp³-hybridized carbons (Fsp3) is 0.273. The summed E-state index contributed by atoms with van der Waals surface area (Å²) in [6.45, 7) is 3.02. The average Bonchev–Trinajstić information content (AvgIpc) is 3.57. The summed E-state index contributed by atoms with van der Waals surface area (Å²) < 4.78 is 41.0. The number of hydrogen-bond acceptors (Lipinski definition) is 7. The lowest BCUT2D eigenvalue weighted by atomic mass is 10.0. The number of likely N-dealkylation sites (tertiary alicyclic amines) is 1. The Bertz CT molecular complexity index is 1820. The SMILES string of the molecule is CCOc1ccn(-c2ccc(F)cc2)c(=O)c1C(=O)Nc1ccc(Oc2ccnc(NC(=O)N3C[C@H]4CC(O)C[C@H]4C3)c2)cc1F. The summed E-state index contributed by atoms with van der Waals surface area (Å²) in [5.41, 5.74) is -0.965. The van der Waals surface area contributed by atoms with Gasteiger partial charge in [-0.2, -0.15) is 0 Å². The number of aliphatic hydroxyl groups is 1. The third kappa shape index (κ3) is 6.54. The van der Waals surface area contributed by atoms with E-state index in [1.807, 2.05) is 0 Å². The third-order valence-electron chi connectivity index (χ3n) is 8.09. The van der Waals surface area contributed by atoms with Crippen LogP contribution in [-0.2, 0) is 0 Å². The maximum absolute atomic E-state index is 15.2. The molecule has 1 aliphatic carbocycles. The first kappa shape index (κ1) is 30.7. The van der Waals surface area contributed by atoms with Crippen LogP contribution in [-0.4, -0.2) is 57.3 Å². The molecule has 3 atom stereocenters. The van der Waals surface area contributed by atoms with E-state index in [4.69, 9.17) is 9.47 Å². The molecule has 46 heavy (non-hydrogen) atoms. The topological polar surface area (TPSA) is 135 Å². The molecule has 1 saturated heterocycles.